The number of fused-ring (bicyclic) bond motifs is 2. The number of benzene rings is 1. The van der Waals surface area contributed by atoms with Crippen molar-refractivity contribution in [1.82, 2.24) is 9.38 Å². The van der Waals surface area contributed by atoms with E-state index in [1.54, 1.807) is 29.5 Å². The Morgan fingerprint density at radius 3 is 2.93 bits per heavy atom. The molecule has 0 spiro atoms. The van der Waals surface area contributed by atoms with E-state index in [4.69, 9.17) is 14.5 Å². The van der Waals surface area contributed by atoms with Crippen LogP contribution >= 0.6 is 11.3 Å². The molecule has 6 nitrogen and oxygen atoms in total. The fourth-order valence-electron chi connectivity index (χ4n) is 3.07. The first kappa shape index (κ1) is 15.9. The zero-order chi connectivity index (χ0) is 18.4. The molecule has 4 aromatic rings. The standard InChI is InChI=1S/C20H15N3O3S/c1-12-6-7-23-17(9-12)21-18(16-3-2-8-27-16)19(23)22-20(24)13-4-5-14-15(10-13)26-11-25-14/h2-10H,11H2,1H3,(H,22,24). The van der Waals surface area contributed by atoms with Gasteiger partial charge in [0.1, 0.15) is 17.2 Å². The van der Waals surface area contributed by atoms with Gasteiger partial charge in [0, 0.05) is 11.8 Å². The monoisotopic (exact) mass is 377 g/mol. The summed E-state index contributed by atoms with van der Waals surface area (Å²) in [5, 5.41) is 5.01. The molecule has 0 saturated carbocycles. The molecule has 4 heterocycles. The first-order chi connectivity index (χ1) is 13.2. The molecule has 0 bridgehead atoms. The molecule has 1 aliphatic heterocycles. The third-order valence-corrected chi connectivity index (χ3v) is 5.28. The van der Waals surface area contributed by atoms with E-state index in [-0.39, 0.29) is 12.7 Å². The maximum Gasteiger partial charge on any atom is 0.256 e. The molecule has 1 amide bonds. The largest absolute Gasteiger partial charge is 0.454 e. The topological polar surface area (TPSA) is 64.9 Å². The van der Waals surface area contributed by atoms with E-state index in [1.807, 2.05) is 47.2 Å². The summed E-state index contributed by atoms with van der Waals surface area (Å²) >= 11 is 1.59. The summed E-state index contributed by atoms with van der Waals surface area (Å²) in [6, 6.07) is 13.1. The van der Waals surface area contributed by atoms with Gasteiger partial charge in [0.2, 0.25) is 6.79 Å². The number of aromatic nitrogens is 2. The molecule has 27 heavy (non-hydrogen) atoms. The number of hydrogen-bond donors (Lipinski definition) is 1. The van der Waals surface area contributed by atoms with Crippen molar-refractivity contribution in [3.05, 3.63) is 65.2 Å². The van der Waals surface area contributed by atoms with Crippen LogP contribution in [0.25, 0.3) is 16.2 Å². The Morgan fingerprint density at radius 1 is 1.19 bits per heavy atom. The van der Waals surface area contributed by atoms with Crippen molar-refractivity contribution in [2.45, 2.75) is 6.92 Å². The predicted octanol–water partition coefficient (Wildman–Crippen LogP) is 4.35. The van der Waals surface area contributed by atoms with E-state index >= 15 is 0 Å². The number of anilines is 1. The Labute approximate surface area is 159 Å². The van der Waals surface area contributed by atoms with Gasteiger partial charge in [-0.1, -0.05) is 6.07 Å². The Bertz CT molecular complexity index is 1160. The molecule has 7 heteroatoms. The number of aryl methyl sites for hydroxylation is 1. The van der Waals surface area contributed by atoms with Crippen LogP contribution in [0.4, 0.5) is 5.82 Å². The highest BCUT2D eigenvalue weighted by molar-refractivity contribution is 7.13. The fraction of sp³-hybridized carbons (Fsp3) is 0.100. The van der Waals surface area contributed by atoms with Gasteiger partial charge in [0.05, 0.1) is 4.88 Å². The normalized spacial score (nSPS) is 12.5. The number of carbonyl (C=O) groups is 1. The number of ether oxygens (including phenoxy) is 2. The third kappa shape index (κ3) is 2.72. The predicted molar refractivity (Wildman–Crippen MR) is 104 cm³/mol. The summed E-state index contributed by atoms with van der Waals surface area (Å²) in [5.74, 6) is 1.65. The second kappa shape index (κ2) is 6.14. The molecule has 1 aliphatic rings. The first-order valence-corrected chi connectivity index (χ1v) is 9.30. The van der Waals surface area contributed by atoms with Crippen LogP contribution in [-0.2, 0) is 0 Å². The third-order valence-electron chi connectivity index (χ3n) is 4.40. The molecule has 0 unspecified atom stereocenters. The van der Waals surface area contributed by atoms with Crippen LogP contribution in [0.15, 0.2) is 54.0 Å². The van der Waals surface area contributed by atoms with Gasteiger partial charge in [-0.2, -0.15) is 0 Å². The van der Waals surface area contributed by atoms with Gasteiger partial charge in [-0.05, 0) is 54.3 Å². The van der Waals surface area contributed by atoms with Crippen LogP contribution in [0.1, 0.15) is 15.9 Å². The number of pyridine rings is 1. The van der Waals surface area contributed by atoms with Crippen molar-refractivity contribution < 1.29 is 14.3 Å². The molecular formula is C20H15N3O3S. The van der Waals surface area contributed by atoms with E-state index in [1.165, 1.54) is 0 Å². The van der Waals surface area contributed by atoms with Gasteiger partial charge < -0.3 is 14.8 Å². The Hall–Kier alpha value is -3.32. The molecule has 134 valence electrons. The second-order valence-electron chi connectivity index (χ2n) is 6.24. The summed E-state index contributed by atoms with van der Waals surface area (Å²) < 4.78 is 12.6. The molecule has 0 fully saturated rings. The Balaban J connectivity index is 1.57. The van der Waals surface area contributed by atoms with Gasteiger partial charge in [-0.25, -0.2) is 4.98 Å². The zero-order valence-corrected chi connectivity index (χ0v) is 15.2. The van der Waals surface area contributed by atoms with Crippen LogP contribution in [0.5, 0.6) is 11.5 Å². The minimum absolute atomic E-state index is 0.176. The number of nitrogens with zero attached hydrogens (tertiary/aromatic N) is 2. The van der Waals surface area contributed by atoms with E-state index in [0.29, 0.717) is 22.9 Å². The number of thiophene rings is 1. The van der Waals surface area contributed by atoms with E-state index < -0.39 is 0 Å². The number of carbonyl (C=O) groups excluding carboxylic acids is 1. The lowest BCUT2D eigenvalue weighted by Crippen LogP contribution is -2.14. The average molecular weight is 377 g/mol. The van der Waals surface area contributed by atoms with Crippen LogP contribution in [0, 0.1) is 6.92 Å². The van der Waals surface area contributed by atoms with Crippen molar-refractivity contribution in [2.24, 2.45) is 0 Å². The summed E-state index contributed by atoms with van der Waals surface area (Å²) in [4.78, 5) is 18.6. The maximum atomic E-state index is 12.9. The van der Waals surface area contributed by atoms with Gasteiger partial charge in [-0.3, -0.25) is 9.20 Å². The minimum atomic E-state index is -0.228. The highest BCUT2D eigenvalue weighted by Gasteiger charge is 2.20. The number of rotatable bonds is 3. The van der Waals surface area contributed by atoms with Crippen LogP contribution in [0.3, 0.4) is 0 Å². The van der Waals surface area contributed by atoms with E-state index in [9.17, 15) is 4.79 Å². The van der Waals surface area contributed by atoms with Crippen molar-refractivity contribution >= 4 is 28.7 Å². The summed E-state index contributed by atoms with van der Waals surface area (Å²) in [5.41, 5.74) is 3.15. The molecule has 0 aliphatic carbocycles. The van der Waals surface area contributed by atoms with Gasteiger partial charge >= 0.3 is 0 Å². The maximum absolute atomic E-state index is 12.9. The van der Waals surface area contributed by atoms with Crippen molar-refractivity contribution in [1.29, 1.82) is 0 Å². The second-order valence-corrected chi connectivity index (χ2v) is 7.19. The van der Waals surface area contributed by atoms with Crippen molar-refractivity contribution in [3.8, 4) is 22.1 Å². The molecule has 1 N–H and O–H groups in total. The molecular weight excluding hydrogens is 362 g/mol. The lowest BCUT2D eigenvalue weighted by molar-refractivity contribution is 0.102. The number of hydrogen-bond acceptors (Lipinski definition) is 5. The zero-order valence-electron chi connectivity index (χ0n) is 14.4. The number of amides is 1. The van der Waals surface area contributed by atoms with Gasteiger partial charge in [-0.15, -0.1) is 11.3 Å². The van der Waals surface area contributed by atoms with Crippen LogP contribution in [0.2, 0.25) is 0 Å². The highest BCUT2D eigenvalue weighted by Crippen LogP contribution is 2.34. The molecule has 0 radical (unpaired) electrons. The number of imidazole rings is 1. The molecule has 3 aromatic heterocycles. The highest BCUT2D eigenvalue weighted by atomic mass is 32.1. The fourth-order valence-corrected chi connectivity index (χ4v) is 3.78. The smallest absolute Gasteiger partial charge is 0.256 e. The molecule has 5 rings (SSSR count). The molecule has 0 saturated heterocycles. The van der Waals surface area contributed by atoms with Crippen LogP contribution in [-0.4, -0.2) is 22.1 Å². The quantitative estimate of drug-likeness (QED) is 0.576. The summed E-state index contributed by atoms with van der Waals surface area (Å²) in [6.45, 7) is 2.19. The lowest BCUT2D eigenvalue weighted by Gasteiger charge is -2.08. The summed E-state index contributed by atoms with van der Waals surface area (Å²) in [6.07, 6.45) is 1.92. The Morgan fingerprint density at radius 2 is 2.07 bits per heavy atom. The van der Waals surface area contributed by atoms with E-state index in [0.717, 1.165) is 21.8 Å². The van der Waals surface area contributed by atoms with E-state index in [2.05, 4.69) is 5.32 Å². The van der Waals surface area contributed by atoms with Crippen LogP contribution < -0.4 is 14.8 Å². The number of nitrogens with one attached hydrogen (secondary N) is 1. The van der Waals surface area contributed by atoms with Gasteiger partial charge in [0.15, 0.2) is 11.5 Å². The molecule has 0 atom stereocenters. The lowest BCUT2D eigenvalue weighted by atomic mass is 10.2. The minimum Gasteiger partial charge on any atom is -0.454 e. The van der Waals surface area contributed by atoms with Crippen molar-refractivity contribution in [3.63, 3.8) is 0 Å². The Kier molecular flexibility index (Phi) is 3.61. The van der Waals surface area contributed by atoms with Crippen molar-refractivity contribution in [2.75, 3.05) is 12.1 Å². The molecule has 1 aromatic carbocycles. The van der Waals surface area contributed by atoms with Gasteiger partial charge in [0.25, 0.3) is 5.91 Å². The summed E-state index contributed by atoms with van der Waals surface area (Å²) in [7, 11) is 0. The SMILES string of the molecule is Cc1ccn2c(NC(=O)c3ccc4c(c3)OCO4)c(-c3cccs3)nc2c1. The first-order valence-electron chi connectivity index (χ1n) is 8.42. The average Bonchev–Trinajstić information content (AvgIpc) is 3.40.